The highest BCUT2D eigenvalue weighted by Crippen LogP contribution is 2.30. The van der Waals surface area contributed by atoms with E-state index in [0.717, 1.165) is 15.9 Å². The Morgan fingerprint density at radius 2 is 1.78 bits per heavy atom. The Morgan fingerprint density at radius 3 is 2.39 bits per heavy atom. The van der Waals surface area contributed by atoms with E-state index in [2.05, 4.69) is 21.2 Å². The first kappa shape index (κ1) is 17.1. The highest BCUT2D eigenvalue weighted by atomic mass is 79.9. The highest BCUT2D eigenvalue weighted by Gasteiger charge is 2.07. The topological polar surface area (TPSA) is 47.6 Å². The van der Waals surface area contributed by atoms with E-state index >= 15 is 0 Å². The number of carbonyl (C=O) groups is 1. The smallest absolute Gasteiger partial charge is 0.187 e. The molecule has 0 aliphatic carbocycles. The molecule has 0 bridgehead atoms. The van der Waals surface area contributed by atoms with Gasteiger partial charge in [0.05, 0.1) is 19.9 Å². The molecule has 4 nitrogen and oxygen atoms in total. The zero-order valence-corrected chi connectivity index (χ0v) is 14.8. The Balaban J connectivity index is 2.16. The molecule has 0 unspecified atom stereocenters. The van der Waals surface area contributed by atoms with Gasteiger partial charge >= 0.3 is 0 Å². The van der Waals surface area contributed by atoms with Crippen molar-refractivity contribution in [1.82, 2.24) is 0 Å². The van der Waals surface area contributed by atoms with E-state index in [-0.39, 0.29) is 5.78 Å². The van der Waals surface area contributed by atoms with E-state index in [0.29, 0.717) is 17.1 Å². The molecule has 1 N–H and O–H groups in total. The number of ketones is 1. The average Bonchev–Trinajstić information content (AvgIpc) is 2.55. The number of carbonyl (C=O) groups excluding carboxylic acids is 1. The lowest BCUT2D eigenvalue weighted by molar-refractivity contribution is 0.104. The van der Waals surface area contributed by atoms with Crippen LogP contribution >= 0.6 is 15.9 Å². The molecule has 0 heterocycles. The van der Waals surface area contributed by atoms with Crippen LogP contribution < -0.4 is 14.8 Å². The van der Waals surface area contributed by atoms with Crippen LogP contribution in [0.1, 0.15) is 17.3 Å². The number of hydrogen-bond donors (Lipinski definition) is 1. The van der Waals surface area contributed by atoms with Crippen molar-refractivity contribution in [2.24, 2.45) is 0 Å². The molecule has 0 aliphatic rings. The lowest BCUT2D eigenvalue weighted by Gasteiger charge is -2.12. The van der Waals surface area contributed by atoms with Crippen LogP contribution in [-0.2, 0) is 0 Å². The predicted octanol–water partition coefficient (Wildman–Crippen LogP) is 4.66. The van der Waals surface area contributed by atoms with Crippen molar-refractivity contribution < 1.29 is 14.3 Å². The van der Waals surface area contributed by atoms with Gasteiger partial charge in [0.1, 0.15) is 11.5 Å². The molecule has 0 radical (unpaired) electrons. The summed E-state index contributed by atoms with van der Waals surface area (Å²) in [5.41, 5.74) is 2.13. The third-order valence-electron chi connectivity index (χ3n) is 3.22. The molecule has 23 heavy (non-hydrogen) atoms. The number of allylic oxidation sites excluding steroid dienone is 2. The van der Waals surface area contributed by atoms with Crippen LogP contribution in [0.4, 0.5) is 5.69 Å². The molecule has 0 fully saturated rings. The molecule has 2 aromatic carbocycles. The van der Waals surface area contributed by atoms with Crippen LogP contribution in [-0.4, -0.2) is 20.0 Å². The first-order valence-electron chi connectivity index (χ1n) is 7.00. The molecular weight excluding hydrogens is 358 g/mol. The standard InChI is InChI=1S/C18H18BrNO3/c1-12(10-17(21)13-4-6-14(19)7-5-13)20-16-9-8-15(22-2)11-18(16)23-3/h4-11,20H,1-3H3. The fourth-order valence-electron chi connectivity index (χ4n) is 2.04. The Hall–Kier alpha value is -2.27. The number of benzene rings is 2. The van der Waals surface area contributed by atoms with Gasteiger partial charge in [-0.25, -0.2) is 0 Å². The summed E-state index contributed by atoms with van der Waals surface area (Å²) in [4.78, 5) is 12.2. The second-order valence-corrected chi connectivity index (χ2v) is 5.81. The number of rotatable bonds is 6. The first-order valence-corrected chi connectivity index (χ1v) is 7.80. The third-order valence-corrected chi connectivity index (χ3v) is 3.75. The monoisotopic (exact) mass is 375 g/mol. The summed E-state index contributed by atoms with van der Waals surface area (Å²) in [6.45, 7) is 1.83. The van der Waals surface area contributed by atoms with Gasteiger partial charge in [-0.3, -0.25) is 4.79 Å². The number of nitrogens with one attached hydrogen (secondary N) is 1. The summed E-state index contributed by atoms with van der Waals surface area (Å²) in [5.74, 6) is 1.29. The third kappa shape index (κ3) is 4.60. The Kier molecular flexibility index (Phi) is 5.82. The van der Waals surface area contributed by atoms with E-state index in [1.54, 1.807) is 38.5 Å². The summed E-state index contributed by atoms with van der Waals surface area (Å²) in [6.07, 6.45) is 1.56. The second kappa shape index (κ2) is 7.83. The van der Waals surface area contributed by atoms with Gasteiger partial charge in [-0.15, -0.1) is 0 Å². The molecule has 0 atom stereocenters. The molecule has 0 saturated heterocycles. The zero-order valence-electron chi connectivity index (χ0n) is 13.2. The molecule has 0 aromatic heterocycles. The minimum atomic E-state index is -0.0602. The van der Waals surface area contributed by atoms with Crippen LogP contribution in [0.2, 0.25) is 0 Å². The molecule has 2 aromatic rings. The molecule has 5 heteroatoms. The van der Waals surface area contributed by atoms with Gasteiger partial charge < -0.3 is 14.8 Å². The zero-order chi connectivity index (χ0) is 16.8. The Labute approximate surface area is 144 Å². The quantitative estimate of drug-likeness (QED) is 0.588. The maximum atomic E-state index is 12.2. The van der Waals surface area contributed by atoms with E-state index in [9.17, 15) is 4.79 Å². The van der Waals surface area contributed by atoms with Crippen LogP contribution in [0.3, 0.4) is 0 Å². The van der Waals surface area contributed by atoms with E-state index in [1.165, 1.54) is 0 Å². The van der Waals surface area contributed by atoms with Gasteiger partial charge in [0.15, 0.2) is 5.78 Å². The number of halogens is 1. The lowest BCUT2D eigenvalue weighted by atomic mass is 10.1. The number of anilines is 1. The minimum Gasteiger partial charge on any atom is -0.497 e. The SMILES string of the molecule is COc1ccc(NC(C)=CC(=O)c2ccc(Br)cc2)c(OC)c1. The summed E-state index contributed by atoms with van der Waals surface area (Å²) in [7, 11) is 3.19. The minimum absolute atomic E-state index is 0.0602. The first-order chi connectivity index (χ1) is 11.0. The van der Waals surface area contributed by atoms with Crippen LogP contribution in [0.25, 0.3) is 0 Å². The molecule has 0 saturated carbocycles. The number of hydrogen-bond acceptors (Lipinski definition) is 4. The summed E-state index contributed by atoms with van der Waals surface area (Å²) < 4.78 is 11.4. The fourth-order valence-corrected chi connectivity index (χ4v) is 2.31. The molecule has 120 valence electrons. The van der Waals surface area contributed by atoms with Gasteiger partial charge in [0, 0.05) is 27.9 Å². The van der Waals surface area contributed by atoms with Crippen LogP contribution in [0, 0.1) is 0 Å². The van der Waals surface area contributed by atoms with Gasteiger partial charge in [-0.2, -0.15) is 0 Å². The lowest BCUT2D eigenvalue weighted by Crippen LogP contribution is -2.03. The number of ether oxygens (including phenoxy) is 2. The van der Waals surface area contributed by atoms with Crippen molar-refractivity contribution in [2.45, 2.75) is 6.92 Å². The van der Waals surface area contributed by atoms with Gasteiger partial charge in [-0.1, -0.05) is 15.9 Å². The van der Waals surface area contributed by atoms with Crippen LogP contribution in [0.15, 0.2) is 58.7 Å². The molecule has 0 amide bonds. The van der Waals surface area contributed by atoms with Crippen molar-refractivity contribution in [2.75, 3.05) is 19.5 Å². The van der Waals surface area contributed by atoms with E-state index in [4.69, 9.17) is 9.47 Å². The van der Waals surface area contributed by atoms with E-state index in [1.807, 2.05) is 31.2 Å². The maximum Gasteiger partial charge on any atom is 0.187 e. The molecule has 0 spiro atoms. The van der Waals surface area contributed by atoms with Crippen molar-refractivity contribution in [3.8, 4) is 11.5 Å². The Bertz CT molecular complexity index is 724. The predicted molar refractivity (Wildman–Crippen MR) is 95.4 cm³/mol. The Morgan fingerprint density at radius 1 is 1.09 bits per heavy atom. The maximum absolute atomic E-state index is 12.2. The molecule has 2 rings (SSSR count). The van der Waals surface area contributed by atoms with Crippen molar-refractivity contribution in [3.05, 3.63) is 64.3 Å². The summed E-state index contributed by atoms with van der Waals surface area (Å²) >= 11 is 3.35. The number of methoxy groups -OCH3 is 2. The van der Waals surface area contributed by atoms with Crippen LogP contribution in [0.5, 0.6) is 11.5 Å². The highest BCUT2D eigenvalue weighted by molar-refractivity contribution is 9.10. The van der Waals surface area contributed by atoms with E-state index < -0.39 is 0 Å². The summed E-state index contributed by atoms with van der Waals surface area (Å²) in [6, 6.07) is 12.7. The summed E-state index contributed by atoms with van der Waals surface area (Å²) in [5, 5.41) is 3.18. The average molecular weight is 376 g/mol. The van der Waals surface area contributed by atoms with Gasteiger partial charge in [0.25, 0.3) is 0 Å². The largest absolute Gasteiger partial charge is 0.497 e. The molecule has 0 aliphatic heterocycles. The second-order valence-electron chi connectivity index (χ2n) is 4.89. The fraction of sp³-hybridized carbons (Fsp3) is 0.167. The van der Waals surface area contributed by atoms with Crippen molar-refractivity contribution >= 4 is 27.4 Å². The van der Waals surface area contributed by atoms with Gasteiger partial charge in [-0.05, 0) is 43.3 Å². The van der Waals surface area contributed by atoms with Gasteiger partial charge in [0.2, 0.25) is 0 Å². The van der Waals surface area contributed by atoms with Crippen molar-refractivity contribution in [3.63, 3.8) is 0 Å². The molecular formula is C18H18BrNO3. The van der Waals surface area contributed by atoms with Crippen molar-refractivity contribution in [1.29, 1.82) is 0 Å². The normalized spacial score (nSPS) is 11.0.